The Morgan fingerprint density at radius 3 is 2.24 bits per heavy atom. The van der Waals surface area contributed by atoms with Crippen LogP contribution in [0.1, 0.15) is 10.4 Å². The van der Waals surface area contributed by atoms with E-state index in [9.17, 15) is 18.8 Å². The van der Waals surface area contributed by atoms with Crippen LogP contribution in [0, 0.1) is 5.82 Å². The number of rotatable bonds is 5. The third kappa shape index (κ3) is 4.57. The zero-order valence-corrected chi connectivity index (χ0v) is 18.7. The van der Waals surface area contributed by atoms with Crippen LogP contribution >= 0.6 is 34.8 Å². The minimum Gasteiger partial charge on any atom is -0.421 e. The summed E-state index contributed by atoms with van der Waals surface area (Å²) in [5.74, 6) is -2.62. The van der Waals surface area contributed by atoms with Crippen LogP contribution in [0.5, 0.6) is 5.75 Å². The second-order valence-electron chi connectivity index (χ2n) is 6.76. The molecule has 1 N–H and O–H groups in total. The molecule has 0 aliphatic carbocycles. The summed E-state index contributed by atoms with van der Waals surface area (Å²) in [6.45, 7) is 0. The average molecular weight is 506 g/mol. The lowest BCUT2D eigenvalue weighted by Crippen LogP contribution is -2.32. The number of amides is 2. The van der Waals surface area contributed by atoms with Gasteiger partial charge in [-0.3, -0.25) is 9.59 Å². The molecule has 166 valence electrons. The number of ether oxygens (including phenoxy) is 1. The second-order valence-corrected chi connectivity index (χ2v) is 7.95. The lowest BCUT2D eigenvalue weighted by Gasteiger charge is -2.15. The van der Waals surface area contributed by atoms with Crippen molar-refractivity contribution in [3.63, 3.8) is 0 Å². The third-order valence-electron chi connectivity index (χ3n) is 4.62. The summed E-state index contributed by atoms with van der Waals surface area (Å²) >= 11 is 17.8. The third-order valence-corrected chi connectivity index (χ3v) is 5.57. The standard InChI is InChI=1S/C23H12Cl3FN2O4/c24-15-3-1-2-4-18(15)33-23(32)12-5-7-13(8-6-12)28-20-19(26)21(30)29(22(20)31)14-9-10-17(27)16(25)11-14/h1-11,28H. The van der Waals surface area contributed by atoms with Crippen molar-refractivity contribution in [3.05, 3.63) is 98.9 Å². The fourth-order valence-electron chi connectivity index (χ4n) is 2.99. The van der Waals surface area contributed by atoms with Crippen LogP contribution in [0.25, 0.3) is 0 Å². The maximum atomic E-state index is 13.4. The zero-order chi connectivity index (χ0) is 23.7. The molecule has 0 aromatic heterocycles. The second kappa shape index (κ2) is 9.23. The predicted octanol–water partition coefficient (Wildman–Crippen LogP) is 5.79. The smallest absolute Gasteiger partial charge is 0.343 e. The molecule has 33 heavy (non-hydrogen) atoms. The number of carbonyl (C=O) groups excluding carboxylic acids is 3. The average Bonchev–Trinajstić information content (AvgIpc) is 3.01. The number of benzene rings is 3. The molecule has 1 aliphatic rings. The molecule has 4 rings (SSSR count). The van der Waals surface area contributed by atoms with Gasteiger partial charge in [-0.05, 0) is 54.6 Å². The summed E-state index contributed by atoms with van der Waals surface area (Å²) < 4.78 is 18.7. The molecule has 1 aliphatic heterocycles. The minimum atomic E-state index is -0.785. The van der Waals surface area contributed by atoms with E-state index in [0.717, 1.165) is 17.0 Å². The number of halogens is 4. The monoisotopic (exact) mass is 504 g/mol. The summed E-state index contributed by atoms with van der Waals surface area (Å²) in [4.78, 5) is 38.5. The number of hydrogen-bond acceptors (Lipinski definition) is 5. The molecule has 0 saturated carbocycles. The Labute approximate surface area is 202 Å². The van der Waals surface area contributed by atoms with Crippen molar-refractivity contribution in [1.82, 2.24) is 0 Å². The molecule has 1 heterocycles. The van der Waals surface area contributed by atoms with Gasteiger partial charge in [0.2, 0.25) is 0 Å². The van der Waals surface area contributed by atoms with Gasteiger partial charge in [-0.25, -0.2) is 14.1 Å². The molecule has 2 amide bonds. The zero-order valence-electron chi connectivity index (χ0n) is 16.4. The molecule has 0 atom stereocenters. The Bertz CT molecular complexity index is 1330. The molecule has 0 fully saturated rings. The van der Waals surface area contributed by atoms with Crippen molar-refractivity contribution < 1.29 is 23.5 Å². The first-order valence-corrected chi connectivity index (χ1v) is 10.5. The van der Waals surface area contributed by atoms with Crippen molar-refractivity contribution >= 4 is 64.0 Å². The SMILES string of the molecule is O=C(Oc1ccccc1Cl)c1ccc(NC2=C(Cl)C(=O)N(c3ccc(F)c(Cl)c3)C2=O)cc1. The number of para-hydroxylation sites is 1. The van der Waals surface area contributed by atoms with Gasteiger partial charge >= 0.3 is 5.97 Å². The number of anilines is 2. The van der Waals surface area contributed by atoms with E-state index >= 15 is 0 Å². The highest BCUT2D eigenvalue weighted by molar-refractivity contribution is 6.53. The Hall–Kier alpha value is -3.39. The van der Waals surface area contributed by atoms with Crippen molar-refractivity contribution in [2.24, 2.45) is 0 Å². The van der Waals surface area contributed by atoms with Crippen molar-refractivity contribution in [2.45, 2.75) is 0 Å². The highest BCUT2D eigenvalue weighted by Crippen LogP contribution is 2.32. The molecular weight excluding hydrogens is 494 g/mol. The molecule has 3 aromatic rings. The van der Waals surface area contributed by atoms with E-state index < -0.39 is 23.6 Å². The van der Waals surface area contributed by atoms with E-state index in [1.165, 1.54) is 30.3 Å². The van der Waals surface area contributed by atoms with Crippen molar-refractivity contribution in [2.75, 3.05) is 10.2 Å². The van der Waals surface area contributed by atoms with Gasteiger partial charge in [0.15, 0.2) is 0 Å². The Kier molecular flexibility index (Phi) is 6.37. The number of esters is 1. The summed E-state index contributed by atoms with van der Waals surface area (Å²) in [5, 5.41) is 2.48. The molecular formula is C23H12Cl3FN2O4. The highest BCUT2D eigenvalue weighted by Gasteiger charge is 2.39. The lowest BCUT2D eigenvalue weighted by molar-refractivity contribution is -0.120. The van der Waals surface area contributed by atoms with Gasteiger partial charge in [-0.1, -0.05) is 46.9 Å². The molecule has 0 unspecified atom stereocenters. The normalized spacial score (nSPS) is 13.5. The number of nitrogens with one attached hydrogen (secondary N) is 1. The van der Waals surface area contributed by atoms with E-state index in [1.54, 1.807) is 24.3 Å². The molecule has 3 aromatic carbocycles. The summed E-state index contributed by atoms with van der Waals surface area (Å²) in [5.41, 5.74) is 0.520. The summed E-state index contributed by atoms with van der Waals surface area (Å²) in [7, 11) is 0. The lowest BCUT2D eigenvalue weighted by atomic mass is 10.2. The molecule has 10 heteroatoms. The van der Waals surface area contributed by atoms with E-state index in [-0.39, 0.29) is 32.8 Å². The van der Waals surface area contributed by atoms with Crippen LogP contribution < -0.4 is 15.0 Å². The molecule has 0 saturated heterocycles. The fourth-order valence-corrected chi connectivity index (χ4v) is 3.55. The van der Waals surface area contributed by atoms with Gasteiger partial charge in [-0.2, -0.15) is 0 Å². The molecule has 0 spiro atoms. The van der Waals surface area contributed by atoms with Crippen LogP contribution in [0.15, 0.2) is 77.5 Å². The van der Waals surface area contributed by atoms with Gasteiger partial charge in [0.1, 0.15) is 22.3 Å². The predicted molar refractivity (Wildman–Crippen MR) is 123 cm³/mol. The van der Waals surface area contributed by atoms with Crippen LogP contribution in [0.2, 0.25) is 10.0 Å². The quantitative estimate of drug-likeness (QED) is 0.270. The van der Waals surface area contributed by atoms with E-state index in [4.69, 9.17) is 39.5 Å². The summed E-state index contributed by atoms with van der Waals surface area (Å²) in [6.07, 6.45) is 0. The number of hydrogen-bond donors (Lipinski definition) is 1. The number of carbonyl (C=O) groups is 3. The Morgan fingerprint density at radius 1 is 0.879 bits per heavy atom. The fraction of sp³-hybridized carbons (Fsp3) is 0. The number of imide groups is 1. The van der Waals surface area contributed by atoms with Gasteiger partial charge in [0.05, 0.1) is 21.3 Å². The largest absolute Gasteiger partial charge is 0.421 e. The molecule has 0 radical (unpaired) electrons. The van der Waals surface area contributed by atoms with Crippen LogP contribution in [0.4, 0.5) is 15.8 Å². The van der Waals surface area contributed by atoms with Gasteiger partial charge < -0.3 is 10.1 Å². The Balaban J connectivity index is 1.50. The molecule has 6 nitrogen and oxygen atoms in total. The maximum absolute atomic E-state index is 13.4. The topological polar surface area (TPSA) is 75.7 Å². The van der Waals surface area contributed by atoms with Crippen LogP contribution in [-0.4, -0.2) is 17.8 Å². The van der Waals surface area contributed by atoms with Crippen molar-refractivity contribution in [3.8, 4) is 5.75 Å². The minimum absolute atomic E-state index is 0.0732. The van der Waals surface area contributed by atoms with Crippen LogP contribution in [0.3, 0.4) is 0 Å². The summed E-state index contributed by atoms with van der Waals surface area (Å²) in [6, 6.07) is 15.9. The maximum Gasteiger partial charge on any atom is 0.343 e. The molecule has 0 bridgehead atoms. The first-order valence-electron chi connectivity index (χ1n) is 9.33. The van der Waals surface area contributed by atoms with E-state index in [1.807, 2.05) is 0 Å². The van der Waals surface area contributed by atoms with Gasteiger partial charge in [0.25, 0.3) is 11.8 Å². The van der Waals surface area contributed by atoms with E-state index in [2.05, 4.69) is 5.32 Å². The first kappa shape index (κ1) is 22.8. The van der Waals surface area contributed by atoms with Crippen molar-refractivity contribution in [1.29, 1.82) is 0 Å². The Morgan fingerprint density at radius 2 is 1.58 bits per heavy atom. The van der Waals surface area contributed by atoms with Gasteiger partial charge in [-0.15, -0.1) is 0 Å². The first-order chi connectivity index (χ1) is 15.8. The van der Waals surface area contributed by atoms with Crippen LogP contribution in [-0.2, 0) is 9.59 Å². The van der Waals surface area contributed by atoms with E-state index in [0.29, 0.717) is 10.7 Å². The number of nitrogens with zero attached hydrogens (tertiary/aromatic N) is 1. The van der Waals surface area contributed by atoms with Gasteiger partial charge in [0, 0.05) is 5.69 Å². The highest BCUT2D eigenvalue weighted by atomic mass is 35.5.